The number of halogens is 1. The Kier molecular flexibility index (Phi) is 2.22. The number of nitrogens with one attached hydrogen (secondary N) is 1. The molecule has 2 aliphatic carbocycles. The number of carbonyl (C=O) groups excluding carboxylic acids is 1. The molecule has 3 nitrogen and oxygen atoms in total. The normalized spacial score (nSPS) is 46.9. The number of carbonyl (C=O) groups is 1. The molecule has 4 aliphatic rings. The number of hydrogen-bond acceptors (Lipinski definition) is 2. The predicted octanol–water partition coefficient (Wildman–Crippen LogP) is 1.44. The zero-order valence-corrected chi connectivity index (χ0v) is 9.43. The molecule has 2 heterocycles. The van der Waals surface area contributed by atoms with Gasteiger partial charge in [-0.25, -0.2) is 0 Å². The van der Waals surface area contributed by atoms with Crippen LogP contribution in [0.3, 0.4) is 0 Å². The summed E-state index contributed by atoms with van der Waals surface area (Å²) in [6.07, 6.45) is 6.25. The highest BCUT2D eigenvalue weighted by Gasteiger charge is 2.52. The molecule has 0 aromatic rings. The maximum absolute atomic E-state index is 11.4. The molecule has 84 valence electrons. The molecule has 0 aromatic carbocycles. The largest absolute Gasteiger partial charge is 0.375 e. The van der Waals surface area contributed by atoms with E-state index in [4.69, 9.17) is 16.3 Å². The lowest BCUT2D eigenvalue weighted by Gasteiger charge is -2.56. The Bertz CT molecular complexity index is 257. The summed E-state index contributed by atoms with van der Waals surface area (Å²) in [6.45, 7) is 0. The molecular formula is C11H16ClNO2. The second-order valence-corrected chi connectivity index (χ2v) is 5.56. The zero-order chi connectivity index (χ0) is 10.5. The van der Waals surface area contributed by atoms with E-state index in [0.29, 0.717) is 12.2 Å². The number of alkyl halides is 1. The molecule has 2 saturated carbocycles. The van der Waals surface area contributed by atoms with Crippen molar-refractivity contribution < 1.29 is 9.53 Å². The molecule has 0 spiro atoms. The average Bonchev–Trinajstić information content (AvgIpc) is 2.14. The maximum Gasteiger partial charge on any atom is 0.235 e. The molecule has 1 N–H and O–H groups in total. The first-order valence-corrected chi connectivity index (χ1v) is 6.25. The first kappa shape index (κ1) is 9.91. The molecule has 0 radical (unpaired) electrons. The smallest absolute Gasteiger partial charge is 0.235 e. The minimum absolute atomic E-state index is 0.0146. The van der Waals surface area contributed by atoms with Gasteiger partial charge in [-0.1, -0.05) is 0 Å². The number of ether oxygens (including phenoxy) is 1. The summed E-state index contributed by atoms with van der Waals surface area (Å²) >= 11 is 5.55. The van der Waals surface area contributed by atoms with Gasteiger partial charge in [0.15, 0.2) is 0 Å². The van der Waals surface area contributed by atoms with Crippen molar-refractivity contribution in [2.75, 3.05) is 5.88 Å². The fraction of sp³-hybridized carbons (Fsp3) is 0.909. The van der Waals surface area contributed by atoms with Crippen LogP contribution in [-0.2, 0) is 9.53 Å². The topological polar surface area (TPSA) is 38.3 Å². The minimum Gasteiger partial charge on any atom is -0.375 e. The Balaban J connectivity index is 1.78. The standard InChI is InChI=1S/C11H16ClNO2/c12-6-10(14)13-11-3-7-1-8(4-11)15-9(2-7)5-11/h7-9H,1-6H2,(H,13,14)/t7?,8-,9+,11?. The Morgan fingerprint density at radius 1 is 1.33 bits per heavy atom. The van der Waals surface area contributed by atoms with Gasteiger partial charge in [-0.2, -0.15) is 0 Å². The van der Waals surface area contributed by atoms with Gasteiger partial charge < -0.3 is 10.1 Å². The lowest BCUT2D eigenvalue weighted by atomic mass is 9.63. The van der Waals surface area contributed by atoms with Crippen LogP contribution in [0, 0.1) is 5.92 Å². The third-order valence-electron chi connectivity index (χ3n) is 4.02. The Morgan fingerprint density at radius 3 is 2.53 bits per heavy atom. The van der Waals surface area contributed by atoms with Crippen molar-refractivity contribution in [1.82, 2.24) is 5.32 Å². The molecular weight excluding hydrogens is 214 g/mol. The number of rotatable bonds is 2. The lowest BCUT2D eigenvalue weighted by molar-refractivity contribution is -0.172. The van der Waals surface area contributed by atoms with Crippen LogP contribution in [0.2, 0.25) is 0 Å². The fourth-order valence-corrected chi connectivity index (χ4v) is 3.88. The molecule has 2 aliphatic heterocycles. The third kappa shape index (κ3) is 1.66. The van der Waals surface area contributed by atoms with Crippen molar-refractivity contribution in [3.05, 3.63) is 0 Å². The monoisotopic (exact) mass is 229 g/mol. The van der Waals surface area contributed by atoms with Crippen molar-refractivity contribution in [3.8, 4) is 0 Å². The SMILES string of the molecule is O=C(CCl)NC12CC3C[C@H](C1)O[C@@H](C3)C2. The lowest BCUT2D eigenvalue weighted by Crippen LogP contribution is -2.63. The molecule has 4 bridgehead atoms. The van der Waals surface area contributed by atoms with E-state index in [0.717, 1.165) is 25.2 Å². The second kappa shape index (κ2) is 3.36. The van der Waals surface area contributed by atoms with Crippen molar-refractivity contribution >= 4 is 17.5 Å². The van der Waals surface area contributed by atoms with Gasteiger partial charge in [-0.3, -0.25) is 4.79 Å². The van der Waals surface area contributed by atoms with Crippen LogP contribution in [0.5, 0.6) is 0 Å². The molecule has 2 unspecified atom stereocenters. The van der Waals surface area contributed by atoms with E-state index < -0.39 is 0 Å². The van der Waals surface area contributed by atoms with Gasteiger partial charge in [-0.05, 0) is 38.0 Å². The van der Waals surface area contributed by atoms with Crippen LogP contribution in [0.15, 0.2) is 0 Å². The van der Waals surface area contributed by atoms with E-state index in [9.17, 15) is 4.79 Å². The van der Waals surface area contributed by atoms with Crippen molar-refractivity contribution in [3.63, 3.8) is 0 Å². The summed E-state index contributed by atoms with van der Waals surface area (Å²) < 4.78 is 5.88. The number of hydrogen-bond donors (Lipinski definition) is 1. The van der Waals surface area contributed by atoms with Crippen LogP contribution in [0.1, 0.15) is 32.1 Å². The molecule has 2 saturated heterocycles. The summed E-state index contributed by atoms with van der Waals surface area (Å²) in [5.41, 5.74) is 0.0146. The van der Waals surface area contributed by atoms with Crippen LogP contribution < -0.4 is 5.32 Å². The van der Waals surface area contributed by atoms with Gasteiger partial charge >= 0.3 is 0 Å². The van der Waals surface area contributed by atoms with Crippen LogP contribution in [0.25, 0.3) is 0 Å². The first-order chi connectivity index (χ1) is 7.19. The van der Waals surface area contributed by atoms with Crippen molar-refractivity contribution in [2.24, 2.45) is 5.92 Å². The van der Waals surface area contributed by atoms with E-state index in [-0.39, 0.29) is 17.3 Å². The van der Waals surface area contributed by atoms with Crippen LogP contribution in [0.4, 0.5) is 0 Å². The van der Waals surface area contributed by atoms with Crippen LogP contribution >= 0.6 is 11.6 Å². The first-order valence-electron chi connectivity index (χ1n) is 5.71. The van der Waals surface area contributed by atoms with E-state index in [1.807, 2.05) is 0 Å². The summed E-state index contributed by atoms with van der Waals surface area (Å²) in [6, 6.07) is 0. The summed E-state index contributed by atoms with van der Waals surface area (Å²) in [5, 5.41) is 3.12. The molecule has 1 amide bonds. The molecule has 4 atom stereocenters. The summed E-state index contributed by atoms with van der Waals surface area (Å²) in [5.74, 6) is 0.799. The van der Waals surface area contributed by atoms with E-state index in [1.54, 1.807) is 0 Å². The molecule has 4 rings (SSSR count). The van der Waals surface area contributed by atoms with Gasteiger partial charge in [0, 0.05) is 5.54 Å². The Labute approximate surface area is 94.5 Å². The average molecular weight is 230 g/mol. The predicted molar refractivity (Wildman–Crippen MR) is 56.8 cm³/mol. The van der Waals surface area contributed by atoms with Gasteiger partial charge in [0.05, 0.1) is 12.2 Å². The van der Waals surface area contributed by atoms with Crippen LogP contribution in [-0.4, -0.2) is 29.5 Å². The van der Waals surface area contributed by atoms with Crippen molar-refractivity contribution in [1.29, 1.82) is 0 Å². The molecule has 15 heavy (non-hydrogen) atoms. The van der Waals surface area contributed by atoms with E-state index in [1.165, 1.54) is 12.8 Å². The maximum atomic E-state index is 11.4. The van der Waals surface area contributed by atoms with E-state index >= 15 is 0 Å². The van der Waals surface area contributed by atoms with Gasteiger partial charge in [0.1, 0.15) is 5.88 Å². The zero-order valence-electron chi connectivity index (χ0n) is 8.67. The molecule has 4 fully saturated rings. The quantitative estimate of drug-likeness (QED) is 0.728. The Hall–Kier alpha value is -0.280. The highest BCUT2D eigenvalue weighted by Crippen LogP contribution is 2.49. The molecule has 0 aromatic heterocycles. The second-order valence-electron chi connectivity index (χ2n) is 5.29. The number of amides is 1. The van der Waals surface area contributed by atoms with Gasteiger partial charge in [0.2, 0.25) is 5.91 Å². The van der Waals surface area contributed by atoms with Crippen molar-refractivity contribution in [2.45, 2.75) is 49.9 Å². The minimum atomic E-state index is -0.0291. The van der Waals surface area contributed by atoms with E-state index in [2.05, 4.69) is 5.32 Å². The molecule has 4 heteroatoms. The summed E-state index contributed by atoms with van der Waals surface area (Å²) in [7, 11) is 0. The third-order valence-corrected chi connectivity index (χ3v) is 4.26. The Morgan fingerprint density at radius 2 is 2.00 bits per heavy atom. The van der Waals surface area contributed by atoms with Gasteiger partial charge in [0.25, 0.3) is 0 Å². The summed E-state index contributed by atoms with van der Waals surface area (Å²) in [4.78, 5) is 11.4. The highest BCUT2D eigenvalue weighted by atomic mass is 35.5. The fourth-order valence-electron chi connectivity index (χ4n) is 3.81. The van der Waals surface area contributed by atoms with Gasteiger partial charge in [-0.15, -0.1) is 11.6 Å². The highest BCUT2D eigenvalue weighted by molar-refractivity contribution is 6.27.